The summed E-state index contributed by atoms with van der Waals surface area (Å²) < 4.78 is 2.41. The second-order valence-electron chi connectivity index (χ2n) is 16.1. The standard InChI is InChI=1S/C58H40N2.C5H8/c1-4-15-41(16-5-1)43-27-32-48(33-28-43)59(47-20-8-3-9-21-47)49-34-29-44(30-35-49)51-36-37-52(54-24-11-10-23-53(51)54)46-31-38-58-56(40-46)55-25-12-13-26-57(55)60(58)50-22-14-19-45(39-50)42-17-6-2-7-18-42;1-3-5-4-2/h1-40H;3-5H,1H2,2H3/b;5-4-. The Balaban J connectivity index is 0.000000946. The Morgan fingerprint density at radius 1 is 0.354 bits per heavy atom. The molecule has 11 aromatic rings. The number of anilines is 3. The molecule has 0 bridgehead atoms. The number of aromatic nitrogens is 1. The van der Waals surface area contributed by atoms with Gasteiger partial charge in [0.05, 0.1) is 11.0 Å². The molecule has 0 unspecified atom stereocenters. The monoisotopic (exact) mass is 832 g/mol. The molecule has 0 N–H and O–H groups in total. The van der Waals surface area contributed by atoms with Crippen molar-refractivity contribution in [2.24, 2.45) is 0 Å². The first-order valence-electron chi connectivity index (χ1n) is 22.2. The van der Waals surface area contributed by atoms with Gasteiger partial charge in [-0.25, -0.2) is 0 Å². The lowest BCUT2D eigenvalue weighted by molar-refractivity contribution is 1.18. The third-order valence-electron chi connectivity index (χ3n) is 12.1. The zero-order chi connectivity index (χ0) is 44.0. The highest BCUT2D eigenvalue weighted by Gasteiger charge is 2.17. The van der Waals surface area contributed by atoms with E-state index in [0.29, 0.717) is 0 Å². The lowest BCUT2D eigenvalue weighted by Gasteiger charge is -2.26. The molecule has 11 rings (SSSR count). The second kappa shape index (κ2) is 18.5. The van der Waals surface area contributed by atoms with Crippen molar-refractivity contribution in [3.8, 4) is 50.2 Å². The number of hydrogen-bond acceptors (Lipinski definition) is 1. The average molecular weight is 833 g/mol. The Morgan fingerprint density at radius 2 is 0.815 bits per heavy atom. The van der Waals surface area contributed by atoms with Crippen molar-refractivity contribution in [3.63, 3.8) is 0 Å². The van der Waals surface area contributed by atoms with Gasteiger partial charge in [-0.15, -0.1) is 0 Å². The minimum absolute atomic E-state index is 1.11. The molecule has 65 heavy (non-hydrogen) atoms. The molecular formula is C63H48N2. The molecule has 0 amide bonds. The smallest absolute Gasteiger partial charge is 0.0541 e. The second-order valence-corrected chi connectivity index (χ2v) is 16.1. The highest BCUT2D eigenvalue weighted by Crippen LogP contribution is 2.41. The highest BCUT2D eigenvalue weighted by molar-refractivity contribution is 6.12. The molecule has 0 aliphatic rings. The third kappa shape index (κ3) is 8.18. The first kappa shape index (κ1) is 40.6. The van der Waals surface area contributed by atoms with E-state index in [1.165, 1.54) is 77.1 Å². The van der Waals surface area contributed by atoms with Crippen LogP contribution in [-0.4, -0.2) is 4.57 Å². The summed E-state index contributed by atoms with van der Waals surface area (Å²) in [5.74, 6) is 0. The normalized spacial score (nSPS) is 11.2. The predicted molar refractivity (Wildman–Crippen MR) is 280 cm³/mol. The summed E-state index contributed by atoms with van der Waals surface area (Å²) in [5, 5.41) is 4.97. The van der Waals surface area contributed by atoms with E-state index < -0.39 is 0 Å². The van der Waals surface area contributed by atoms with E-state index in [4.69, 9.17) is 0 Å². The van der Waals surface area contributed by atoms with Gasteiger partial charge in [0.25, 0.3) is 0 Å². The lowest BCUT2D eigenvalue weighted by atomic mass is 9.91. The van der Waals surface area contributed by atoms with Crippen LogP contribution in [0.2, 0.25) is 0 Å². The zero-order valence-electron chi connectivity index (χ0n) is 36.4. The SMILES string of the molecule is C=C/C=C\C.c1ccc(-c2ccc(N(c3ccccc3)c3ccc(-c4ccc(-c5ccc6c(c5)c5ccccc5n6-c5cccc(-c6ccccc6)c5)c5ccccc45)cc3)cc2)cc1. The molecule has 310 valence electrons. The first-order chi connectivity index (χ1) is 32.2. The van der Waals surface area contributed by atoms with Gasteiger partial charge in [-0.1, -0.05) is 201 Å². The molecular weight excluding hydrogens is 785 g/mol. The van der Waals surface area contributed by atoms with Gasteiger partial charge < -0.3 is 9.47 Å². The van der Waals surface area contributed by atoms with Gasteiger partial charge in [0.1, 0.15) is 0 Å². The Morgan fingerprint density at radius 3 is 1.42 bits per heavy atom. The van der Waals surface area contributed by atoms with Gasteiger partial charge >= 0.3 is 0 Å². The van der Waals surface area contributed by atoms with Crippen molar-refractivity contribution in [3.05, 3.63) is 267 Å². The summed E-state index contributed by atoms with van der Waals surface area (Å²) in [6, 6.07) is 87.7. The molecule has 1 aromatic heterocycles. The van der Waals surface area contributed by atoms with Crippen LogP contribution in [0.4, 0.5) is 17.1 Å². The number of para-hydroxylation sites is 2. The van der Waals surface area contributed by atoms with E-state index in [1.807, 2.05) is 19.1 Å². The van der Waals surface area contributed by atoms with Gasteiger partial charge in [-0.05, 0) is 129 Å². The number of benzene rings is 10. The maximum atomic E-state index is 3.46. The van der Waals surface area contributed by atoms with Gasteiger partial charge in [-0.3, -0.25) is 0 Å². The fourth-order valence-corrected chi connectivity index (χ4v) is 9.06. The minimum Gasteiger partial charge on any atom is -0.311 e. The number of allylic oxidation sites excluding steroid dienone is 3. The number of nitrogens with zero attached hydrogens (tertiary/aromatic N) is 2. The predicted octanol–water partition coefficient (Wildman–Crippen LogP) is 17.8. The van der Waals surface area contributed by atoms with E-state index in [1.54, 1.807) is 6.08 Å². The van der Waals surface area contributed by atoms with Crippen LogP contribution in [0, 0.1) is 0 Å². The Hall–Kier alpha value is -8.46. The van der Waals surface area contributed by atoms with Crippen molar-refractivity contribution in [1.29, 1.82) is 0 Å². The van der Waals surface area contributed by atoms with E-state index in [2.05, 4.69) is 259 Å². The highest BCUT2D eigenvalue weighted by atomic mass is 15.1. The van der Waals surface area contributed by atoms with Crippen LogP contribution < -0.4 is 4.90 Å². The molecule has 0 saturated heterocycles. The van der Waals surface area contributed by atoms with Crippen LogP contribution in [0.15, 0.2) is 267 Å². The lowest BCUT2D eigenvalue weighted by Crippen LogP contribution is -2.09. The maximum Gasteiger partial charge on any atom is 0.0541 e. The molecule has 0 atom stereocenters. The van der Waals surface area contributed by atoms with Crippen LogP contribution in [0.25, 0.3) is 82.8 Å². The summed E-state index contributed by atoms with van der Waals surface area (Å²) in [7, 11) is 0. The van der Waals surface area contributed by atoms with Gasteiger partial charge in [0.15, 0.2) is 0 Å². The summed E-state index contributed by atoms with van der Waals surface area (Å²) in [5.41, 5.74) is 16.6. The zero-order valence-corrected chi connectivity index (χ0v) is 36.4. The van der Waals surface area contributed by atoms with E-state index >= 15 is 0 Å². The molecule has 0 aliphatic carbocycles. The summed E-state index contributed by atoms with van der Waals surface area (Å²) in [4.78, 5) is 2.33. The van der Waals surface area contributed by atoms with Crippen LogP contribution in [0.1, 0.15) is 6.92 Å². The van der Waals surface area contributed by atoms with Gasteiger partial charge in [0.2, 0.25) is 0 Å². The molecule has 2 nitrogen and oxygen atoms in total. The quantitative estimate of drug-likeness (QED) is 0.132. The van der Waals surface area contributed by atoms with E-state index in [-0.39, 0.29) is 0 Å². The minimum atomic E-state index is 1.11. The fraction of sp³-hybridized carbons (Fsp3) is 0.0159. The third-order valence-corrected chi connectivity index (χ3v) is 12.1. The molecule has 0 fully saturated rings. The van der Waals surface area contributed by atoms with E-state index in [0.717, 1.165) is 22.7 Å². The van der Waals surface area contributed by atoms with Crippen molar-refractivity contribution in [2.75, 3.05) is 4.90 Å². The molecule has 0 spiro atoms. The van der Waals surface area contributed by atoms with Crippen molar-refractivity contribution < 1.29 is 0 Å². The molecule has 0 saturated carbocycles. The molecule has 10 aromatic carbocycles. The van der Waals surface area contributed by atoms with Crippen LogP contribution in [0.5, 0.6) is 0 Å². The Bertz CT molecular complexity index is 3420. The Kier molecular flexibility index (Phi) is 11.5. The summed E-state index contributed by atoms with van der Waals surface area (Å²) in [6.45, 7) is 5.42. The van der Waals surface area contributed by atoms with E-state index in [9.17, 15) is 0 Å². The number of hydrogen-bond donors (Lipinski definition) is 0. The summed E-state index contributed by atoms with van der Waals surface area (Å²) >= 11 is 0. The number of fused-ring (bicyclic) bond motifs is 4. The maximum absolute atomic E-state index is 3.46. The van der Waals surface area contributed by atoms with Gasteiger partial charge in [-0.2, -0.15) is 0 Å². The first-order valence-corrected chi connectivity index (χ1v) is 22.2. The number of rotatable bonds is 9. The summed E-state index contributed by atoms with van der Waals surface area (Å²) in [6.07, 6.45) is 5.58. The van der Waals surface area contributed by atoms with Crippen LogP contribution in [0.3, 0.4) is 0 Å². The van der Waals surface area contributed by atoms with Crippen LogP contribution >= 0.6 is 0 Å². The molecule has 2 heteroatoms. The van der Waals surface area contributed by atoms with Crippen LogP contribution in [-0.2, 0) is 0 Å². The fourth-order valence-electron chi connectivity index (χ4n) is 9.06. The van der Waals surface area contributed by atoms with Crippen molar-refractivity contribution >= 4 is 49.6 Å². The van der Waals surface area contributed by atoms with Crippen molar-refractivity contribution in [1.82, 2.24) is 4.57 Å². The topological polar surface area (TPSA) is 8.17 Å². The molecule has 0 aliphatic heterocycles. The molecule has 0 radical (unpaired) electrons. The largest absolute Gasteiger partial charge is 0.311 e. The molecule has 1 heterocycles. The van der Waals surface area contributed by atoms with Gasteiger partial charge in [0, 0.05) is 33.5 Å². The Labute approximate surface area is 382 Å². The average Bonchev–Trinajstić information content (AvgIpc) is 3.72. The van der Waals surface area contributed by atoms with Crippen molar-refractivity contribution in [2.45, 2.75) is 6.92 Å².